The van der Waals surface area contributed by atoms with Crippen LogP contribution in [0.4, 0.5) is 5.69 Å². The van der Waals surface area contributed by atoms with Crippen LogP contribution in [0.5, 0.6) is 0 Å². The predicted molar refractivity (Wildman–Crippen MR) is 84.6 cm³/mol. The third-order valence-electron chi connectivity index (χ3n) is 3.54. The number of aromatic nitrogens is 1. The average molecular weight is 333 g/mol. The van der Waals surface area contributed by atoms with Crippen molar-refractivity contribution in [3.05, 3.63) is 24.5 Å². The first-order chi connectivity index (χ1) is 11.5. The molecule has 1 aromatic heterocycles. The summed E-state index contributed by atoms with van der Waals surface area (Å²) in [5, 5.41) is 2.34. The number of imide groups is 1. The monoisotopic (exact) mass is 333 g/mol. The molecule has 0 atom stereocenters. The lowest BCUT2D eigenvalue weighted by molar-refractivity contribution is -0.134. The number of amides is 4. The van der Waals surface area contributed by atoms with E-state index in [4.69, 9.17) is 5.73 Å². The molecule has 0 saturated carbocycles. The van der Waals surface area contributed by atoms with Crippen molar-refractivity contribution in [3.8, 4) is 0 Å². The first-order valence-corrected chi connectivity index (χ1v) is 7.53. The van der Waals surface area contributed by atoms with Crippen LogP contribution in [0.3, 0.4) is 0 Å². The van der Waals surface area contributed by atoms with Gasteiger partial charge in [0.15, 0.2) is 0 Å². The average Bonchev–Trinajstić information content (AvgIpc) is 2.98. The smallest absolute Gasteiger partial charge is 0.253 e. The Bertz CT molecular complexity index is 634. The van der Waals surface area contributed by atoms with Gasteiger partial charge in [-0.05, 0) is 18.6 Å². The SMILES string of the molecule is NCC(=O)NCC(=O)N(C(=O)CN1CCCC1=O)c1ccncc1. The Hall–Kier alpha value is -2.81. The molecule has 2 heterocycles. The van der Waals surface area contributed by atoms with Crippen molar-refractivity contribution in [2.45, 2.75) is 12.8 Å². The third-order valence-corrected chi connectivity index (χ3v) is 3.54. The van der Waals surface area contributed by atoms with Crippen molar-refractivity contribution in [2.75, 3.05) is 31.1 Å². The quantitative estimate of drug-likeness (QED) is 0.662. The summed E-state index contributed by atoms with van der Waals surface area (Å²) in [6, 6.07) is 3.01. The molecule has 0 aromatic carbocycles. The van der Waals surface area contributed by atoms with Crippen molar-refractivity contribution < 1.29 is 19.2 Å². The van der Waals surface area contributed by atoms with E-state index >= 15 is 0 Å². The van der Waals surface area contributed by atoms with Crippen molar-refractivity contribution in [1.29, 1.82) is 0 Å². The minimum Gasteiger partial charge on any atom is -0.346 e. The Labute approximate surface area is 138 Å². The number of nitrogens with two attached hydrogens (primary N) is 1. The molecule has 0 bridgehead atoms. The summed E-state index contributed by atoms with van der Waals surface area (Å²) >= 11 is 0. The second-order valence-electron chi connectivity index (χ2n) is 5.23. The van der Waals surface area contributed by atoms with Crippen LogP contribution in [0.25, 0.3) is 0 Å². The number of anilines is 1. The summed E-state index contributed by atoms with van der Waals surface area (Å²) in [7, 11) is 0. The van der Waals surface area contributed by atoms with Crippen LogP contribution in [-0.4, -0.2) is 59.7 Å². The largest absolute Gasteiger partial charge is 0.346 e. The molecule has 4 amide bonds. The summed E-state index contributed by atoms with van der Waals surface area (Å²) in [6.07, 6.45) is 4.00. The van der Waals surface area contributed by atoms with E-state index < -0.39 is 17.7 Å². The summed E-state index contributed by atoms with van der Waals surface area (Å²) in [4.78, 5) is 54.1. The summed E-state index contributed by atoms with van der Waals surface area (Å²) in [5.41, 5.74) is 5.50. The minimum absolute atomic E-state index is 0.109. The van der Waals surface area contributed by atoms with Gasteiger partial charge in [0.2, 0.25) is 11.8 Å². The standard InChI is InChI=1S/C15H19N5O4/c16-8-12(21)18-9-14(23)20(11-3-5-17-6-4-11)15(24)10-19-7-1-2-13(19)22/h3-6H,1-2,7-10,16H2,(H,18,21). The second-order valence-corrected chi connectivity index (χ2v) is 5.23. The number of nitrogens with one attached hydrogen (secondary N) is 1. The maximum Gasteiger partial charge on any atom is 0.253 e. The van der Waals surface area contributed by atoms with Crippen molar-refractivity contribution in [3.63, 3.8) is 0 Å². The van der Waals surface area contributed by atoms with Gasteiger partial charge in [0.25, 0.3) is 11.8 Å². The molecular formula is C15H19N5O4. The molecule has 1 saturated heterocycles. The highest BCUT2D eigenvalue weighted by molar-refractivity contribution is 6.16. The summed E-state index contributed by atoms with van der Waals surface area (Å²) in [5.74, 6) is -1.76. The first kappa shape index (κ1) is 17.5. The van der Waals surface area contributed by atoms with E-state index in [1.165, 1.54) is 29.4 Å². The Morgan fingerprint density at radius 1 is 1.25 bits per heavy atom. The number of pyridine rings is 1. The zero-order valence-electron chi connectivity index (χ0n) is 13.1. The number of likely N-dealkylation sites (tertiary alicyclic amines) is 1. The lowest BCUT2D eigenvalue weighted by atomic mass is 10.3. The first-order valence-electron chi connectivity index (χ1n) is 7.53. The Kier molecular flexibility index (Phi) is 5.96. The number of carbonyl (C=O) groups excluding carboxylic acids is 4. The molecule has 1 aromatic rings. The highest BCUT2D eigenvalue weighted by atomic mass is 16.2. The van der Waals surface area contributed by atoms with Gasteiger partial charge in [-0.1, -0.05) is 0 Å². The van der Waals surface area contributed by atoms with E-state index in [-0.39, 0.29) is 25.5 Å². The predicted octanol–water partition coefficient (Wildman–Crippen LogP) is -1.36. The second kappa shape index (κ2) is 8.16. The van der Waals surface area contributed by atoms with Crippen molar-refractivity contribution >= 4 is 29.3 Å². The molecule has 24 heavy (non-hydrogen) atoms. The Morgan fingerprint density at radius 2 is 1.96 bits per heavy atom. The lowest BCUT2D eigenvalue weighted by Gasteiger charge is -2.24. The molecule has 3 N–H and O–H groups in total. The molecule has 0 radical (unpaired) electrons. The summed E-state index contributed by atoms with van der Waals surface area (Å²) < 4.78 is 0. The van der Waals surface area contributed by atoms with Gasteiger partial charge in [-0.2, -0.15) is 0 Å². The highest BCUT2D eigenvalue weighted by Gasteiger charge is 2.29. The minimum atomic E-state index is -0.611. The van der Waals surface area contributed by atoms with Crippen LogP contribution in [0.2, 0.25) is 0 Å². The maximum absolute atomic E-state index is 12.6. The van der Waals surface area contributed by atoms with Crippen LogP contribution in [-0.2, 0) is 19.2 Å². The van der Waals surface area contributed by atoms with E-state index in [0.717, 1.165) is 4.90 Å². The van der Waals surface area contributed by atoms with Crippen molar-refractivity contribution in [1.82, 2.24) is 15.2 Å². The van der Waals surface area contributed by atoms with Crippen LogP contribution >= 0.6 is 0 Å². The van der Waals surface area contributed by atoms with Gasteiger partial charge in [0.05, 0.1) is 18.8 Å². The van der Waals surface area contributed by atoms with Gasteiger partial charge in [-0.25, -0.2) is 4.90 Å². The van der Waals surface area contributed by atoms with E-state index in [9.17, 15) is 19.2 Å². The van der Waals surface area contributed by atoms with E-state index in [0.29, 0.717) is 25.1 Å². The van der Waals surface area contributed by atoms with Gasteiger partial charge in [-0.3, -0.25) is 24.2 Å². The number of hydrogen-bond donors (Lipinski definition) is 2. The molecule has 9 nitrogen and oxygen atoms in total. The Balaban J connectivity index is 2.13. The van der Waals surface area contributed by atoms with Crippen molar-refractivity contribution in [2.24, 2.45) is 5.73 Å². The van der Waals surface area contributed by atoms with Gasteiger partial charge < -0.3 is 16.0 Å². The fourth-order valence-electron chi connectivity index (χ4n) is 2.35. The number of hydrogen-bond acceptors (Lipinski definition) is 6. The number of nitrogens with zero attached hydrogens (tertiary/aromatic N) is 3. The van der Waals surface area contributed by atoms with Gasteiger partial charge in [0.1, 0.15) is 6.54 Å². The summed E-state index contributed by atoms with van der Waals surface area (Å²) in [6.45, 7) is -0.304. The molecule has 128 valence electrons. The zero-order chi connectivity index (χ0) is 17.5. The van der Waals surface area contributed by atoms with Crippen LogP contribution in [0.1, 0.15) is 12.8 Å². The number of rotatable bonds is 6. The topological polar surface area (TPSA) is 126 Å². The molecule has 0 aliphatic carbocycles. The molecule has 0 unspecified atom stereocenters. The third kappa shape index (κ3) is 4.35. The molecule has 1 aliphatic rings. The van der Waals surface area contributed by atoms with E-state index in [1.807, 2.05) is 0 Å². The van der Waals surface area contributed by atoms with E-state index in [2.05, 4.69) is 10.3 Å². The van der Waals surface area contributed by atoms with Gasteiger partial charge in [-0.15, -0.1) is 0 Å². The fourth-order valence-corrected chi connectivity index (χ4v) is 2.35. The van der Waals surface area contributed by atoms with Crippen LogP contribution in [0.15, 0.2) is 24.5 Å². The van der Waals surface area contributed by atoms with Gasteiger partial charge in [0, 0.05) is 25.4 Å². The zero-order valence-corrected chi connectivity index (χ0v) is 13.1. The Morgan fingerprint density at radius 3 is 2.54 bits per heavy atom. The molecule has 1 fully saturated rings. The van der Waals surface area contributed by atoms with E-state index in [1.54, 1.807) is 0 Å². The van der Waals surface area contributed by atoms with Gasteiger partial charge >= 0.3 is 0 Å². The highest BCUT2D eigenvalue weighted by Crippen LogP contribution is 2.15. The molecule has 1 aliphatic heterocycles. The fraction of sp³-hybridized carbons (Fsp3) is 0.400. The van der Waals surface area contributed by atoms with Crippen LogP contribution in [0, 0.1) is 0 Å². The number of carbonyl (C=O) groups is 4. The molecular weight excluding hydrogens is 314 g/mol. The molecule has 0 spiro atoms. The normalized spacial score (nSPS) is 13.7. The maximum atomic E-state index is 12.6. The molecule has 2 rings (SSSR count). The lowest BCUT2D eigenvalue weighted by Crippen LogP contribution is -2.48. The van der Waals surface area contributed by atoms with Crippen LogP contribution < -0.4 is 16.0 Å². The molecule has 9 heteroatoms.